The molecule has 0 aliphatic heterocycles. The van der Waals surface area contributed by atoms with Crippen molar-refractivity contribution in [1.29, 1.82) is 0 Å². The number of hydrogen-bond donors (Lipinski definition) is 0. The van der Waals surface area contributed by atoms with Crippen molar-refractivity contribution in [3.8, 4) is 11.1 Å². The summed E-state index contributed by atoms with van der Waals surface area (Å²) in [6.07, 6.45) is 30.8. The van der Waals surface area contributed by atoms with E-state index in [-0.39, 0.29) is 22.7 Å². The molecule has 5 unspecified atom stereocenters. The van der Waals surface area contributed by atoms with Gasteiger partial charge in [-0.3, -0.25) is 0 Å². The van der Waals surface area contributed by atoms with Crippen LogP contribution in [0.25, 0.3) is 27.8 Å². The highest BCUT2D eigenvalue weighted by molar-refractivity contribution is 5.91. The molecule has 0 radical (unpaired) electrons. The molecule has 0 heteroatoms. The number of fused-ring (bicyclic) bond motifs is 6. The molecular formula is C64H56. The molecule has 5 atom stereocenters. The van der Waals surface area contributed by atoms with Crippen LogP contribution in [0.2, 0.25) is 0 Å². The first-order chi connectivity index (χ1) is 31.4. The van der Waals surface area contributed by atoms with E-state index in [4.69, 9.17) is 0 Å². The Labute approximate surface area is 380 Å². The van der Waals surface area contributed by atoms with Gasteiger partial charge in [0.1, 0.15) is 0 Å². The van der Waals surface area contributed by atoms with Crippen molar-refractivity contribution in [1.82, 2.24) is 0 Å². The Hall–Kier alpha value is -6.76. The minimum Gasteiger partial charge on any atom is -0.0871 e. The lowest BCUT2D eigenvalue weighted by molar-refractivity contribution is 0.455. The molecule has 5 aliphatic rings. The molecule has 6 aromatic carbocycles. The van der Waals surface area contributed by atoms with Crippen molar-refractivity contribution in [2.75, 3.05) is 0 Å². The second-order valence-electron chi connectivity index (χ2n) is 18.7. The van der Waals surface area contributed by atoms with E-state index in [1.165, 1.54) is 94.6 Å². The Morgan fingerprint density at radius 2 is 1.28 bits per heavy atom. The van der Waals surface area contributed by atoms with Crippen LogP contribution in [-0.2, 0) is 10.8 Å². The van der Waals surface area contributed by atoms with E-state index in [1.807, 2.05) is 0 Å². The van der Waals surface area contributed by atoms with Gasteiger partial charge in [0.05, 0.1) is 10.8 Å². The maximum Gasteiger partial charge on any atom is 0.0529 e. The van der Waals surface area contributed by atoms with Gasteiger partial charge in [0.2, 0.25) is 0 Å². The minimum atomic E-state index is -0.371. The van der Waals surface area contributed by atoms with Gasteiger partial charge in [0.25, 0.3) is 0 Å². The Morgan fingerprint density at radius 3 is 1.97 bits per heavy atom. The average Bonchev–Trinajstić information content (AvgIpc) is 3.82. The Morgan fingerprint density at radius 1 is 0.609 bits per heavy atom. The Bertz CT molecular complexity index is 3040. The number of benzene rings is 6. The maximum atomic E-state index is 2.60. The van der Waals surface area contributed by atoms with Crippen LogP contribution < -0.4 is 0 Å². The molecule has 0 saturated heterocycles. The highest BCUT2D eigenvalue weighted by atomic mass is 14.5. The van der Waals surface area contributed by atoms with Crippen molar-refractivity contribution in [2.24, 2.45) is 11.8 Å². The van der Waals surface area contributed by atoms with Crippen molar-refractivity contribution < 1.29 is 0 Å². The highest BCUT2D eigenvalue weighted by Crippen LogP contribution is 2.62. The van der Waals surface area contributed by atoms with Crippen LogP contribution in [0, 0.1) is 18.8 Å². The summed E-state index contributed by atoms with van der Waals surface area (Å²) in [4.78, 5) is 0. The summed E-state index contributed by atoms with van der Waals surface area (Å²) in [7, 11) is 0. The molecule has 6 aromatic rings. The second kappa shape index (κ2) is 16.1. The number of allylic oxidation sites excluding steroid dienone is 16. The largest absolute Gasteiger partial charge is 0.0871 e. The first-order valence-electron chi connectivity index (χ1n) is 23.5. The van der Waals surface area contributed by atoms with Gasteiger partial charge in [-0.1, -0.05) is 218 Å². The van der Waals surface area contributed by atoms with Crippen molar-refractivity contribution in [2.45, 2.75) is 63.7 Å². The topological polar surface area (TPSA) is 0 Å². The van der Waals surface area contributed by atoms with Gasteiger partial charge in [0, 0.05) is 11.8 Å². The zero-order valence-corrected chi connectivity index (χ0v) is 37.6. The van der Waals surface area contributed by atoms with Gasteiger partial charge in [-0.25, -0.2) is 0 Å². The Balaban J connectivity index is 1.08. The van der Waals surface area contributed by atoms with E-state index in [0.717, 1.165) is 19.3 Å². The molecule has 0 fully saturated rings. The lowest BCUT2D eigenvalue weighted by atomic mass is 9.61. The lowest BCUT2D eigenvalue weighted by Crippen LogP contribution is -2.36. The van der Waals surface area contributed by atoms with Crippen LogP contribution in [0.1, 0.15) is 107 Å². The minimum absolute atomic E-state index is 0.205. The predicted octanol–water partition coefficient (Wildman–Crippen LogP) is 16.2. The van der Waals surface area contributed by atoms with Crippen LogP contribution in [0.15, 0.2) is 218 Å². The van der Waals surface area contributed by atoms with Crippen LogP contribution in [0.4, 0.5) is 0 Å². The fourth-order valence-corrected chi connectivity index (χ4v) is 12.3. The fourth-order valence-electron chi connectivity index (χ4n) is 12.3. The first kappa shape index (κ1) is 40.0. The smallest absolute Gasteiger partial charge is 0.0529 e. The first-order valence-corrected chi connectivity index (χ1v) is 23.5. The van der Waals surface area contributed by atoms with E-state index >= 15 is 0 Å². The summed E-state index contributed by atoms with van der Waals surface area (Å²) in [6, 6.07) is 54.7. The van der Waals surface area contributed by atoms with Gasteiger partial charge in [-0.15, -0.1) is 0 Å². The summed E-state index contributed by atoms with van der Waals surface area (Å²) in [5.41, 5.74) is 22.3. The third-order valence-electron chi connectivity index (χ3n) is 15.4. The molecule has 0 spiro atoms. The summed E-state index contributed by atoms with van der Waals surface area (Å²) < 4.78 is 0. The standard InChI is InChI=1S/C64H56/c1-5-14-45(6-2)47-25-35-53(36-26-47)63(51-31-21-43(3)22-32-51)59-19-12-10-17-55(59)57-39-29-49(41-61(57)63)50-30-40-58-56-18-11-13-20-60(56)64(62(58)42-50,52-33-23-44(4)24-34-52)54-37-27-48(28-38-54)46-15-8-7-9-16-46/h5-15,17-33,35-40,42,46,52,61H,16,34,41H2,1-4H3. The quantitative estimate of drug-likeness (QED) is 0.134. The van der Waals surface area contributed by atoms with Crippen LogP contribution in [0.3, 0.4) is 0 Å². The molecule has 64 heavy (non-hydrogen) atoms. The summed E-state index contributed by atoms with van der Waals surface area (Å²) in [5.74, 6) is 0.883. The maximum absolute atomic E-state index is 2.60. The van der Waals surface area contributed by atoms with Gasteiger partial charge >= 0.3 is 0 Å². The van der Waals surface area contributed by atoms with Crippen molar-refractivity contribution in [3.05, 3.63) is 279 Å². The van der Waals surface area contributed by atoms with E-state index < -0.39 is 0 Å². The SMILES string of the molecule is CC=CC(=CC)c1ccc(C2(c3ccc(C)cc3)c3ccccc3C3=CC=C(c4ccc5c(c4)C(c4ccc(C6C=CC=CC6)cc4)(C4C=CC(C)=CC4)c4ccccc4-5)CC32)cc1. The number of hydrogen-bond acceptors (Lipinski definition) is 0. The van der Waals surface area contributed by atoms with Crippen LogP contribution in [-0.4, -0.2) is 0 Å². The van der Waals surface area contributed by atoms with Gasteiger partial charge < -0.3 is 0 Å². The average molecular weight is 825 g/mol. The van der Waals surface area contributed by atoms with Gasteiger partial charge in [-0.05, 0) is 142 Å². The van der Waals surface area contributed by atoms with Crippen molar-refractivity contribution in [3.63, 3.8) is 0 Å². The molecular weight excluding hydrogens is 769 g/mol. The molecule has 0 N–H and O–H groups in total. The highest BCUT2D eigenvalue weighted by Gasteiger charge is 2.53. The van der Waals surface area contributed by atoms with Crippen LogP contribution >= 0.6 is 0 Å². The lowest BCUT2D eigenvalue weighted by Gasteiger charge is -2.41. The molecule has 0 saturated carbocycles. The zero-order chi connectivity index (χ0) is 43.4. The molecule has 0 heterocycles. The van der Waals surface area contributed by atoms with Crippen molar-refractivity contribution >= 4 is 16.7 Å². The molecule has 0 aromatic heterocycles. The summed E-state index contributed by atoms with van der Waals surface area (Å²) >= 11 is 0. The molecule has 0 bridgehead atoms. The van der Waals surface area contributed by atoms with E-state index in [1.54, 1.807) is 0 Å². The summed E-state index contributed by atoms with van der Waals surface area (Å²) in [5, 5.41) is 0. The fraction of sp³-hybridized carbons (Fsp3) is 0.188. The molecule has 0 nitrogen and oxygen atoms in total. The molecule has 312 valence electrons. The van der Waals surface area contributed by atoms with Gasteiger partial charge in [-0.2, -0.15) is 0 Å². The Kier molecular flexibility index (Phi) is 10.1. The second-order valence-corrected chi connectivity index (χ2v) is 18.7. The normalized spacial score (nSPS) is 24.2. The zero-order valence-electron chi connectivity index (χ0n) is 37.6. The van der Waals surface area contributed by atoms with E-state index in [9.17, 15) is 0 Å². The monoisotopic (exact) mass is 824 g/mol. The molecule has 11 rings (SSSR count). The summed E-state index contributed by atoms with van der Waals surface area (Å²) in [6.45, 7) is 8.67. The molecule has 0 amide bonds. The third kappa shape index (κ3) is 6.17. The number of aryl methyl sites for hydroxylation is 1. The van der Waals surface area contributed by atoms with Gasteiger partial charge in [0.15, 0.2) is 0 Å². The predicted molar refractivity (Wildman–Crippen MR) is 271 cm³/mol. The van der Waals surface area contributed by atoms with E-state index in [0.29, 0.717) is 5.92 Å². The third-order valence-corrected chi connectivity index (χ3v) is 15.4. The van der Waals surface area contributed by atoms with E-state index in [2.05, 4.69) is 240 Å². The molecule has 5 aliphatic carbocycles. The van der Waals surface area contributed by atoms with Crippen LogP contribution in [0.5, 0.6) is 0 Å². The number of rotatable bonds is 8.